The van der Waals surface area contributed by atoms with E-state index in [0.29, 0.717) is 11.7 Å². The maximum absolute atomic E-state index is 13.9. The Morgan fingerprint density at radius 3 is 2.76 bits per heavy atom. The van der Waals surface area contributed by atoms with E-state index in [1.54, 1.807) is 6.07 Å². The van der Waals surface area contributed by atoms with E-state index in [0.717, 1.165) is 31.5 Å². The molecule has 1 unspecified atom stereocenters. The van der Waals surface area contributed by atoms with Crippen molar-refractivity contribution in [2.24, 2.45) is 5.92 Å². The van der Waals surface area contributed by atoms with E-state index in [1.165, 1.54) is 14.2 Å². The third kappa shape index (κ3) is 2.52. The molecule has 0 spiro atoms. The monoisotopic (exact) mass is 239 g/mol. The molecule has 1 saturated heterocycles. The first-order chi connectivity index (χ1) is 8.26. The summed E-state index contributed by atoms with van der Waals surface area (Å²) in [4.78, 5) is 0. The molecule has 0 aromatic heterocycles. The Balaban J connectivity index is 2.23. The first-order valence-corrected chi connectivity index (χ1v) is 5.86. The lowest BCUT2D eigenvalue weighted by molar-refractivity contribution is 0.345. The molecule has 1 fully saturated rings. The van der Waals surface area contributed by atoms with Crippen LogP contribution in [0, 0.1) is 11.7 Å². The van der Waals surface area contributed by atoms with Gasteiger partial charge in [0.1, 0.15) is 0 Å². The number of hydrogen-bond donors (Lipinski definition) is 1. The molecule has 4 heteroatoms. The molecule has 1 atom stereocenters. The molecule has 0 aliphatic carbocycles. The van der Waals surface area contributed by atoms with Crippen LogP contribution in [0.2, 0.25) is 0 Å². The van der Waals surface area contributed by atoms with E-state index in [1.807, 2.05) is 6.07 Å². The van der Waals surface area contributed by atoms with Crippen LogP contribution in [0.5, 0.6) is 11.5 Å². The highest BCUT2D eigenvalue weighted by molar-refractivity contribution is 5.43. The van der Waals surface area contributed by atoms with E-state index in [9.17, 15) is 4.39 Å². The summed E-state index contributed by atoms with van der Waals surface area (Å²) in [5, 5.41) is 3.31. The molecular weight excluding hydrogens is 221 g/mol. The number of ether oxygens (including phenoxy) is 2. The maximum Gasteiger partial charge on any atom is 0.207 e. The van der Waals surface area contributed by atoms with E-state index in [4.69, 9.17) is 9.47 Å². The highest BCUT2D eigenvalue weighted by Gasteiger charge is 2.20. The zero-order valence-electron chi connectivity index (χ0n) is 10.3. The minimum Gasteiger partial charge on any atom is -0.494 e. The van der Waals surface area contributed by atoms with Crippen molar-refractivity contribution in [2.45, 2.75) is 12.8 Å². The van der Waals surface area contributed by atoms with Crippen molar-refractivity contribution in [3.05, 3.63) is 23.5 Å². The Hall–Kier alpha value is -1.29. The fourth-order valence-electron chi connectivity index (χ4n) is 2.32. The number of benzene rings is 1. The number of hydrogen-bond acceptors (Lipinski definition) is 3. The zero-order valence-corrected chi connectivity index (χ0v) is 10.3. The molecule has 1 heterocycles. The van der Waals surface area contributed by atoms with E-state index in [2.05, 4.69) is 5.32 Å². The van der Waals surface area contributed by atoms with Crippen LogP contribution in [0.3, 0.4) is 0 Å². The molecule has 0 amide bonds. The molecule has 17 heavy (non-hydrogen) atoms. The lowest BCUT2D eigenvalue weighted by Gasteiger charge is -2.14. The molecule has 1 aliphatic rings. The van der Waals surface area contributed by atoms with Crippen molar-refractivity contribution in [3.63, 3.8) is 0 Å². The van der Waals surface area contributed by atoms with Crippen molar-refractivity contribution in [1.29, 1.82) is 0 Å². The van der Waals surface area contributed by atoms with Gasteiger partial charge in [0.15, 0.2) is 11.5 Å². The van der Waals surface area contributed by atoms with Crippen LogP contribution < -0.4 is 14.8 Å². The van der Waals surface area contributed by atoms with Crippen molar-refractivity contribution in [1.82, 2.24) is 5.32 Å². The van der Waals surface area contributed by atoms with Crippen molar-refractivity contribution < 1.29 is 13.9 Å². The highest BCUT2D eigenvalue weighted by atomic mass is 19.1. The molecule has 1 N–H and O–H groups in total. The number of halogens is 1. The molecule has 2 rings (SSSR count). The van der Waals surface area contributed by atoms with E-state index < -0.39 is 5.82 Å². The summed E-state index contributed by atoms with van der Waals surface area (Å²) < 4.78 is 24.0. The van der Waals surface area contributed by atoms with Crippen molar-refractivity contribution in [2.75, 3.05) is 27.3 Å². The predicted molar refractivity (Wildman–Crippen MR) is 64.2 cm³/mol. The van der Waals surface area contributed by atoms with Gasteiger partial charge in [0.05, 0.1) is 14.2 Å². The largest absolute Gasteiger partial charge is 0.494 e. The summed E-state index contributed by atoms with van der Waals surface area (Å²) in [6.45, 7) is 2.04. The van der Waals surface area contributed by atoms with Crippen molar-refractivity contribution >= 4 is 0 Å². The van der Waals surface area contributed by atoms with Gasteiger partial charge in [-0.1, -0.05) is 6.07 Å². The second kappa shape index (κ2) is 5.36. The first kappa shape index (κ1) is 12.2. The van der Waals surface area contributed by atoms with Crippen LogP contribution in [0.1, 0.15) is 12.0 Å². The third-order valence-electron chi connectivity index (χ3n) is 3.24. The highest BCUT2D eigenvalue weighted by Crippen LogP contribution is 2.32. The van der Waals surface area contributed by atoms with Crippen LogP contribution in [-0.4, -0.2) is 27.3 Å². The minimum atomic E-state index is -0.404. The summed E-state index contributed by atoms with van der Waals surface area (Å²) in [5.41, 5.74) is 0.916. The second-order valence-corrected chi connectivity index (χ2v) is 4.34. The molecule has 1 aliphatic heterocycles. The number of methoxy groups -OCH3 is 2. The predicted octanol–water partition coefficient (Wildman–Crippen LogP) is 1.99. The van der Waals surface area contributed by atoms with Gasteiger partial charge in [0.2, 0.25) is 5.82 Å². The second-order valence-electron chi connectivity index (χ2n) is 4.34. The maximum atomic E-state index is 13.9. The lowest BCUT2D eigenvalue weighted by atomic mass is 9.97. The van der Waals surface area contributed by atoms with Gasteiger partial charge in [0, 0.05) is 0 Å². The van der Waals surface area contributed by atoms with Gasteiger partial charge in [-0.15, -0.1) is 0 Å². The van der Waals surface area contributed by atoms with Crippen LogP contribution in [0.25, 0.3) is 0 Å². The molecule has 1 aromatic carbocycles. The Labute approximate surface area is 101 Å². The molecule has 0 radical (unpaired) electrons. The fraction of sp³-hybridized carbons (Fsp3) is 0.538. The lowest BCUT2D eigenvalue weighted by Crippen LogP contribution is -2.11. The van der Waals surface area contributed by atoms with Crippen LogP contribution in [0.15, 0.2) is 12.1 Å². The smallest absolute Gasteiger partial charge is 0.207 e. The van der Waals surface area contributed by atoms with Gasteiger partial charge in [-0.2, -0.15) is 4.39 Å². The standard InChI is InChI=1S/C13H18FNO2/c1-16-11-4-3-10(13(17-2)12(11)14)7-9-5-6-15-8-9/h3-4,9,15H,5-8H2,1-2H3. The molecule has 0 saturated carbocycles. The molecule has 94 valence electrons. The Kier molecular flexibility index (Phi) is 3.84. The molecule has 1 aromatic rings. The first-order valence-electron chi connectivity index (χ1n) is 5.86. The average molecular weight is 239 g/mol. The van der Waals surface area contributed by atoms with Gasteiger partial charge < -0.3 is 14.8 Å². The molecular formula is C13H18FNO2. The zero-order chi connectivity index (χ0) is 12.3. The van der Waals surface area contributed by atoms with Gasteiger partial charge in [-0.3, -0.25) is 0 Å². The van der Waals surface area contributed by atoms with Gasteiger partial charge in [0.25, 0.3) is 0 Å². The van der Waals surface area contributed by atoms with E-state index >= 15 is 0 Å². The number of nitrogens with one attached hydrogen (secondary N) is 1. The summed E-state index contributed by atoms with van der Waals surface area (Å²) in [6.07, 6.45) is 1.98. The van der Waals surface area contributed by atoms with E-state index in [-0.39, 0.29) is 5.75 Å². The summed E-state index contributed by atoms with van der Waals surface area (Å²) >= 11 is 0. The normalized spacial score (nSPS) is 19.4. The molecule has 0 bridgehead atoms. The van der Waals surface area contributed by atoms with Crippen LogP contribution in [0.4, 0.5) is 4.39 Å². The molecule has 3 nitrogen and oxygen atoms in total. The summed E-state index contributed by atoms with van der Waals surface area (Å²) in [5.74, 6) is 0.710. The third-order valence-corrected chi connectivity index (χ3v) is 3.24. The van der Waals surface area contributed by atoms with Gasteiger partial charge >= 0.3 is 0 Å². The van der Waals surface area contributed by atoms with Crippen LogP contribution >= 0.6 is 0 Å². The SMILES string of the molecule is COc1ccc(CC2CCNC2)c(OC)c1F. The Morgan fingerprint density at radius 2 is 2.18 bits per heavy atom. The van der Waals surface area contributed by atoms with Crippen molar-refractivity contribution in [3.8, 4) is 11.5 Å². The van der Waals surface area contributed by atoms with Gasteiger partial charge in [-0.25, -0.2) is 0 Å². The summed E-state index contributed by atoms with van der Waals surface area (Å²) in [7, 11) is 2.95. The fourth-order valence-corrected chi connectivity index (χ4v) is 2.32. The number of rotatable bonds is 4. The topological polar surface area (TPSA) is 30.5 Å². The Morgan fingerprint density at radius 1 is 1.35 bits per heavy atom. The quantitative estimate of drug-likeness (QED) is 0.871. The minimum absolute atomic E-state index is 0.232. The van der Waals surface area contributed by atoms with Crippen LogP contribution in [-0.2, 0) is 6.42 Å². The summed E-state index contributed by atoms with van der Waals surface area (Å²) in [6, 6.07) is 3.55. The Bertz CT molecular complexity index is 389. The average Bonchev–Trinajstić information content (AvgIpc) is 2.82. The van der Waals surface area contributed by atoms with Gasteiger partial charge in [-0.05, 0) is 43.5 Å².